The van der Waals surface area contributed by atoms with Crippen molar-refractivity contribution in [2.45, 2.75) is 56.8 Å². The molecule has 4 unspecified atom stereocenters. The van der Waals surface area contributed by atoms with Crippen molar-refractivity contribution in [1.29, 1.82) is 0 Å². The number of carboxylic acids is 2. The van der Waals surface area contributed by atoms with Crippen LogP contribution in [0.3, 0.4) is 0 Å². The number of carbonyl (C=O) groups is 5. The van der Waals surface area contributed by atoms with Crippen molar-refractivity contribution in [1.82, 2.24) is 16.0 Å². The summed E-state index contributed by atoms with van der Waals surface area (Å²) in [5.41, 5.74) is 16.2. The molecular formula is C17H31N7O7S. The molecular weight excluding hydrogens is 446 g/mol. The van der Waals surface area contributed by atoms with Crippen LogP contribution in [0, 0.1) is 0 Å². The number of hydrogen-bond donors (Lipinski definition) is 9. The lowest BCUT2D eigenvalue weighted by Crippen LogP contribution is -2.57. The summed E-state index contributed by atoms with van der Waals surface area (Å²) in [6, 6.07) is -4.73. The minimum Gasteiger partial charge on any atom is -0.481 e. The zero-order valence-electron chi connectivity index (χ0n) is 17.6. The zero-order chi connectivity index (χ0) is 24.8. The van der Waals surface area contributed by atoms with Gasteiger partial charge in [0.1, 0.15) is 18.1 Å². The number of guanidine groups is 1. The lowest BCUT2D eigenvalue weighted by molar-refractivity contribution is -0.142. The molecule has 0 aromatic rings. The van der Waals surface area contributed by atoms with Crippen LogP contribution < -0.4 is 33.2 Å². The van der Waals surface area contributed by atoms with Crippen LogP contribution in [0.4, 0.5) is 0 Å². The first-order chi connectivity index (χ1) is 14.9. The van der Waals surface area contributed by atoms with E-state index in [2.05, 4.69) is 33.6 Å². The molecule has 0 saturated carbocycles. The first kappa shape index (κ1) is 28.9. The van der Waals surface area contributed by atoms with Gasteiger partial charge in [0.2, 0.25) is 17.7 Å². The van der Waals surface area contributed by atoms with Gasteiger partial charge in [-0.2, -0.15) is 12.6 Å². The van der Waals surface area contributed by atoms with Gasteiger partial charge < -0.3 is 43.4 Å². The van der Waals surface area contributed by atoms with Crippen LogP contribution in [-0.4, -0.2) is 82.3 Å². The van der Waals surface area contributed by atoms with Crippen molar-refractivity contribution in [2.75, 3.05) is 12.3 Å². The van der Waals surface area contributed by atoms with Gasteiger partial charge in [0.25, 0.3) is 0 Å². The Morgan fingerprint density at radius 2 is 1.50 bits per heavy atom. The van der Waals surface area contributed by atoms with Crippen LogP contribution in [-0.2, 0) is 24.0 Å². The normalized spacial score (nSPS) is 14.2. The summed E-state index contributed by atoms with van der Waals surface area (Å²) >= 11 is 4.01. The Morgan fingerprint density at radius 1 is 0.938 bits per heavy atom. The first-order valence-electron chi connectivity index (χ1n) is 9.66. The van der Waals surface area contributed by atoms with E-state index >= 15 is 0 Å². The highest BCUT2D eigenvalue weighted by Crippen LogP contribution is 2.02. The molecule has 0 radical (unpaired) electrons. The van der Waals surface area contributed by atoms with Crippen molar-refractivity contribution in [3.8, 4) is 0 Å². The third-order valence-corrected chi connectivity index (χ3v) is 4.49. The molecule has 11 N–H and O–H groups in total. The Labute approximate surface area is 190 Å². The molecule has 32 heavy (non-hydrogen) atoms. The van der Waals surface area contributed by atoms with Gasteiger partial charge in [-0.3, -0.25) is 29.0 Å². The average Bonchev–Trinajstić information content (AvgIpc) is 2.71. The highest BCUT2D eigenvalue weighted by molar-refractivity contribution is 7.80. The molecule has 0 saturated heterocycles. The largest absolute Gasteiger partial charge is 0.481 e. The molecule has 0 aromatic carbocycles. The molecule has 4 atom stereocenters. The Hall–Kier alpha value is -3.07. The van der Waals surface area contributed by atoms with Crippen molar-refractivity contribution in [2.24, 2.45) is 22.2 Å². The molecule has 0 aliphatic rings. The number of nitrogens with zero attached hydrogens (tertiary/aromatic N) is 1. The highest BCUT2D eigenvalue weighted by atomic mass is 32.1. The molecule has 3 amide bonds. The molecule has 0 spiro atoms. The molecule has 182 valence electrons. The minimum atomic E-state index is -1.34. The zero-order valence-corrected chi connectivity index (χ0v) is 18.5. The van der Waals surface area contributed by atoms with Crippen LogP contribution in [0.5, 0.6) is 0 Å². The predicted molar refractivity (Wildman–Crippen MR) is 118 cm³/mol. The summed E-state index contributed by atoms with van der Waals surface area (Å²) in [6.07, 6.45) is -0.0984. The summed E-state index contributed by atoms with van der Waals surface area (Å²) in [7, 11) is 0. The maximum Gasteiger partial charge on any atom is 0.325 e. The summed E-state index contributed by atoms with van der Waals surface area (Å²) in [5.74, 6) is -5.09. The molecule has 0 heterocycles. The van der Waals surface area contributed by atoms with E-state index in [0.29, 0.717) is 6.42 Å². The number of nitrogens with two attached hydrogens (primary N) is 3. The fourth-order valence-corrected chi connectivity index (χ4v) is 2.57. The van der Waals surface area contributed by atoms with Crippen LogP contribution in [0.1, 0.15) is 32.6 Å². The van der Waals surface area contributed by atoms with Crippen molar-refractivity contribution in [3.63, 3.8) is 0 Å². The monoisotopic (exact) mass is 477 g/mol. The molecule has 0 aliphatic heterocycles. The quantitative estimate of drug-likeness (QED) is 0.0492. The predicted octanol–water partition coefficient (Wildman–Crippen LogP) is -3.28. The summed E-state index contributed by atoms with van der Waals surface area (Å²) in [4.78, 5) is 62.6. The Bertz CT molecular complexity index is 715. The number of thiol groups is 1. The van der Waals surface area contributed by atoms with Gasteiger partial charge in [0, 0.05) is 18.7 Å². The van der Waals surface area contributed by atoms with Crippen molar-refractivity contribution in [3.05, 3.63) is 0 Å². The number of aliphatic carboxylic acids is 2. The van der Waals surface area contributed by atoms with Crippen LogP contribution in [0.15, 0.2) is 4.99 Å². The molecule has 14 nitrogen and oxygen atoms in total. The summed E-state index contributed by atoms with van der Waals surface area (Å²) < 4.78 is 0. The second kappa shape index (κ2) is 14.9. The number of rotatable bonds is 15. The summed E-state index contributed by atoms with van der Waals surface area (Å²) in [5, 5.41) is 24.7. The number of amides is 3. The third kappa shape index (κ3) is 11.9. The number of carboxylic acid groups (broad SMARTS) is 2. The van der Waals surface area contributed by atoms with Crippen molar-refractivity contribution < 1.29 is 34.2 Å². The first-order valence-corrected chi connectivity index (χ1v) is 10.3. The maximum atomic E-state index is 12.5. The lowest BCUT2D eigenvalue weighted by Gasteiger charge is -2.23. The van der Waals surface area contributed by atoms with Gasteiger partial charge in [0.15, 0.2) is 5.96 Å². The second-order valence-corrected chi connectivity index (χ2v) is 7.23. The Balaban J connectivity index is 5.02. The smallest absolute Gasteiger partial charge is 0.325 e. The number of aliphatic imine (C=N–C) groups is 1. The van der Waals surface area contributed by atoms with E-state index in [1.54, 1.807) is 0 Å². The van der Waals surface area contributed by atoms with E-state index in [9.17, 15) is 24.0 Å². The summed E-state index contributed by atoms with van der Waals surface area (Å²) in [6.45, 7) is 1.48. The lowest BCUT2D eigenvalue weighted by atomic mass is 10.1. The molecule has 0 aliphatic carbocycles. The van der Waals surface area contributed by atoms with Crippen LogP contribution >= 0.6 is 12.6 Å². The van der Waals surface area contributed by atoms with E-state index in [1.165, 1.54) is 6.92 Å². The molecule has 0 fully saturated rings. The third-order valence-electron chi connectivity index (χ3n) is 4.13. The molecule has 0 rings (SSSR count). The van der Waals surface area contributed by atoms with E-state index in [4.69, 9.17) is 27.4 Å². The fourth-order valence-electron chi connectivity index (χ4n) is 2.31. The number of nitrogens with one attached hydrogen (secondary N) is 3. The molecule has 15 heteroatoms. The Kier molecular flexibility index (Phi) is 13.4. The van der Waals surface area contributed by atoms with Gasteiger partial charge in [-0.25, -0.2) is 0 Å². The molecule has 0 aromatic heterocycles. The van der Waals surface area contributed by atoms with Crippen molar-refractivity contribution >= 4 is 48.2 Å². The topological polar surface area (TPSA) is 252 Å². The second-order valence-electron chi connectivity index (χ2n) is 6.86. The number of carbonyl (C=O) groups excluding carboxylic acids is 3. The average molecular weight is 478 g/mol. The van der Waals surface area contributed by atoms with Crippen LogP contribution in [0.2, 0.25) is 0 Å². The van der Waals surface area contributed by atoms with Gasteiger partial charge in [-0.1, -0.05) is 0 Å². The van der Waals surface area contributed by atoms with Gasteiger partial charge in [0.05, 0.1) is 6.04 Å². The fraction of sp³-hybridized carbons (Fsp3) is 0.647. The van der Waals surface area contributed by atoms with E-state index < -0.39 is 60.2 Å². The van der Waals surface area contributed by atoms with E-state index in [0.717, 1.165) is 0 Å². The maximum absolute atomic E-state index is 12.5. The standard InChI is InChI=1S/C17H31N7O7S/c1-8(16(30)31)22-14(28)10(4-5-12(25)26)23-15(29)11(7-32)24-13(27)9(18)3-2-6-21-17(19)20/h8-11,32H,2-7,18H2,1H3,(H,22,28)(H,23,29)(H,24,27)(H,25,26)(H,30,31)(H4,19,20,21). The molecule has 0 bridgehead atoms. The van der Waals surface area contributed by atoms with Gasteiger partial charge in [-0.05, 0) is 26.2 Å². The SMILES string of the molecule is CC(NC(=O)C(CCC(=O)O)NC(=O)C(CS)NC(=O)C(N)CCCN=C(N)N)C(=O)O. The van der Waals surface area contributed by atoms with E-state index in [1.807, 2.05) is 0 Å². The van der Waals surface area contributed by atoms with E-state index in [-0.39, 0.29) is 31.1 Å². The number of hydrogen-bond acceptors (Lipinski definition) is 8. The van der Waals surface area contributed by atoms with Gasteiger partial charge >= 0.3 is 11.9 Å². The highest BCUT2D eigenvalue weighted by Gasteiger charge is 2.29. The van der Waals surface area contributed by atoms with Gasteiger partial charge in [-0.15, -0.1) is 0 Å². The Morgan fingerprint density at radius 3 is 2.00 bits per heavy atom. The van der Waals surface area contributed by atoms with Crippen LogP contribution in [0.25, 0.3) is 0 Å². The minimum absolute atomic E-state index is 0.0888.